The molecular weight excluding hydrogens is 476 g/mol. The fourth-order valence-corrected chi connectivity index (χ4v) is 5.52. The van der Waals surface area contributed by atoms with Crippen LogP contribution in [0.2, 0.25) is 0 Å². The maximum Gasteiger partial charge on any atom is 0.187 e. The van der Waals surface area contributed by atoms with E-state index in [-0.39, 0.29) is 0 Å². The summed E-state index contributed by atoms with van der Waals surface area (Å²) >= 11 is 1.63. The molecule has 1 aliphatic heterocycles. The van der Waals surface area contributed by atoms with Crippen molar-refractivity contribution in [2.75, 3.05) is 36.4 Å². The highest BCUT2D eigenvalue weighted by molar-refractivity contribution is 7.14. The molecule has 3 heterocycles. The molecule has 5 aromatic rings. The molecule has 0 aliphatic carbocycles. The zero-order valence-corrected chi connectivity index (χ0v) is 21.7. The predicted octanol–water partition coefficient (Wildman–Crippen LogP) is 6.37. The van der Waals surface area contributed by atoms with Crippen LogP contribution in [0, 0.1) is 6.92 Å². The molecule has 0 bridgehead atoms. The summed E-state index contributed by atoms with van der Waals surface area (Å²) in [6.07, 6.45) is 5.53. The van der Waals surface area contributed by atoms with Gasteiger partial charge in [-0.3, -0.25) is 4.90 Å². The van der Waals surface area contributed by atoms with E-state index in [1.807, 2.05) is 10.8 Å². The molecule has 1 fully saturated rings. The van der Waals surface area contributed by atoms with Gasteiger partial charge in [-0.15, -0.1) is 11.3 Å². The SMILES string of the molecule is Cc1cc(N2CCN(Cc3ccccc3)CC2)ccc1Nc1nc(-c2ccc(-n3ccnc3)cc2)cs1. The van der Waals surface area contributed by atoms with Gasteiger partial charge in [0.1, 0.15) is 0 Å². The van der Waals surface area contributed by atoms with Crippen LogP contribution in [-0.2, 0) is 6.54 Å². The Balaban J connectivity index is 1.07. The average molecular weight is 507 g/mol. The standard InChI is InChI=1S/C30H30N6S/c1-23-19-27(35-17-15-34(16-18-35)20-24-5-3-2-4-6-24)11-12-28(23)32-30-33-29(21-37-30)25-7-9-26(10-8-25)36-14-13-31-22-36/h2-14,19,21-22H,15-18,20H2,1H3,(H,32,33). The molecule has 1 N–H and O–H groups in total. The molecule has 2 aromatic heterocycles. The number of aromatic nitrogens is 3. The summed E-state index contributed by atoms with van der Waals surface area (Å²) in [6, 6.07) is 25.8. The van der Waals surface area contributed by atoms with E-state index in [9.17, 15) is 0 Å². The van der Waals surface area contributed by atoms with Gasteiger partial charge in [0.15, 0.2) is 5.13 Å². The van der Waals surface area contributed by atoms with Crippen LogP contribution in [0.5, 0.6) is 0 Å². The topological polar surface area (TPSA) is 49.2 Å². The third kappa shape index (κ3) is 5.43. The fourth-order valence-electron chi connectivity index (χ4n) is 4.79. The molecule has 37 heavy (non-hydrogen) atoms. The van der Waals surface area contributed by atoms with Gasteiger partial charge in [0.2, 0.25) is 0 Å². The number of rotatable bonds is 7. The number of anilines is 3. The van der Waals surface area contributed by atoms with Crippen molar-refractivity contribution in [1.82, 2.24) is 19.4 Å². The van der Waals surface area contributed by atoms with Crippen LogP contribution in [0.15, 0.2) is 96.9 Å². The monoisotopic (exact) mass is 506 g/mol. The second-order valence-electron chi connectivity index (χ2n) is 9.43. The Kier molecular flexibility index (Phi) is 6.71. The van der Waals surface area contributed by atoms with E-state index in [1.165, 1.54) is 16.8 Å². The molecule has 0 unspecified atom stereocenters. The minimum atomic E-state index is 0.902. The summed E-state index contributed by atoms with van der Waals surface area (Å²) in [5, 5.41) is 6.54. The van der Waals surface area contributed by atoms with Gasteiger partial charge in [0.25, 0.3) is 0 Å². The maximum atomic E-state index is 4.84. The lowest BCUT2D eigenvalue weighted by Crippen LogP contribution is -2.46. The van der Waals surface area contributed by atoms with E-state index in [2.05, 4.69) is 105 Å². The van der Waals surface area contributed by atoms with Crippen molar-refractivity contribution in [3.63, 3.8) is 0 Å². The van der Waals surface area contributed by atoms with Crippen molar-refractivity contribution in [2.45, 2.75) is 13.5 Å². The maximum absolute atomic E-state index is 4.84. The Morgan fingerprint density at radius 3 is 2.41 bits per heavy atom. The summed E-state index contributed by atoms with van der Waals surface area (Å²) in [5.74, 6) is 0. The lowest BCUT2D eigenvalue weighted by atomic mass is 10.1. The highest BCUT2D eigenvalue weighted by atomic mass is 32.1. The number of hydrogen-bond acceptors (Lipinski definition) is 6. The number of piperazine rings is 1. The van der Waals surface area contributed by atoms with Crippen LogP contribution in [0.25, 0.3) is 16.9 Å². The zero-order valence-electron chi connectivity index (χ0n) is 20.9. The van der Waals surface area contributed by atoms with E-state index >= 15 is 0 Å². The number of aryl methyl sites for hydroxylation is 1. The van der Waals surface area contributed by atoms with Crippen molar-refractivity contribution in [1.29, 1.82) is 0 Å². The van der Waals surface area contributed by atoms with Gasteiger partial charge in [0, 0.05) is 73.1 Å². The first kappa shape index (κ1) is 23.5. The second kappa shape index (κ2) is 10.6. The highest BCUT2D eigenvalue weighted by Crippen LogP contribution is 2.30. The third-order valence-corrected chi connectivity index (χ3v) is 7.67. The lowest BCUT2D eigenvalue weighted by molar-refractivity contribution is 0.250. The van der Waals surface area contributed by atoms with Crippen molar-refractivity contribution in [3.8, 4) is 16.9 Å². The molecule has 0 spiro atoms. The van der Waals surface area contributed by atoms with Crippen molar-refractivity contribution in [3.05, 3.63) is 108 Å². The number of imidazole rings is 1. The molecule has 1 aliphatic rings. The lowest BCUT2D eigenvalue weighted by Gasteiger charge is -2.36. The van der Waals surface area contributed by atoms with Gasteiger partial charge in [-0.1, -0.05) is 42.5 Å². The van der Waals surface area contributed by atoms with Gasteiger partial charge in [0.05, 0.1) is 12.0 Å². The van der Waals surface area contributed by atoms with Crippen LogP contribution in [-0.4, -0.2) is 45.6 Å². The van der Waals surface area contributed by atoms with Crippen molar-refractivity contribution >= 4 is 27.8 Å². The summed E-state index contributed by atoms with van der Waals surface area (Å²) in [4.78, 5) is 14.0. The van der Waals surface area contributed by atoms with Crippen LogP contribution in [0.4, 0.5) is 16.5 Å². The third-order valence-electron chi connectivity index (χ3n) is 6.91. The highest BCUT2D eigenvalue weighted by Gasteiger charge is 2.18. The van der Waals surface area contributed by atoms with E-state index in [0.717, 1.165) is 60.5 Å². The van der Waals surface area contributed by atoms with E-state index in [0.29, 0.717) is 0 Å². The largest absolute Gasteiger partial charge is 0.369 e. The van der Waals surface area contributed by atoms with Gasteiger partial charge in [-0.2, -0.15) is 0 Å². The van der Waals surface area contributed by atoms with Crippen molar-refractivity contribution in [2.24, 2.45) is 0 Å². The molecule has 7 heteroatoms. The number of nitrogens with zero attached hydrogens (tertiary/aromatic N) is 5. The quantitative estimate of drug-likeness (QED) is 0.278. The molecule has 6 nitrogen and oxygen atoms in total. The first-order chi connectivity index (χ1) is 18.2. The average Bonchev–Trinajstić information content (AvgIpc) is 3.64. The molecule has 0 atom stereocenters. The molecule has 186 valence electrons. The van der Waals surface area contributed by atoms with E-state index in [1.54, 1.807) is 23.9 Å². The smallest absolute Gasteiger partial charge is 0.187 e. The van der Waals surface area contributed by atoms with E-state index in [4.69, 9.17) is 4.98 Å². The predicted molar refractivity (Wildman–Crippen MR) is 153 cm³/mol. The normalized spacial score (nSPS) is 14.1. The van der Waals surface area contributed by atoms with Crippen LogP contribution in [0.1, 0.15) is 11.1 Å². The van der Waals surface area contributed by atoms with Crippen LogP contribution < -0.4 is 10.2 Å². The van der Waals surface area contributed by atoms with Crippen LogP contribution >= 0.6 is 11.3 Å². The second-order valence-corrected chi connectivity index (χ2v) is 10.3. The first-order valence-corrected chi connectivity index (χ1v) is 13.5. The van der Waals surface area contributed by atoms with Gasteiger partial charge in [-0.25, -0.2) is 9.97 Å². The summed E-state index contributed by atoms with van der Waals surface area (Å²) in [6.45, 7) is 7.46. The van der Waals surface area contributed by atoms with E-state index < -0.39 is 0 Å². The summed E-state index contributed by atoms with van der Waals surface area (Å²) in [7, 11) is 0. The zero-order chi connectivity index (χ0) is 25.0. The molecule has 3 aromatic carbocycles. The van der Waals surface area contributed by atoms with Gasteiger partial charge >= 0.3 is 0 Å². The van der Waals surface area contributed by atoms with Gasteiger partial charge < -0.3 is 14.8 Å². The molecule has 0 amide bonds. The Hall–Kier alpha value is -3.94. The molecule has 1 saturated heterocycles. The fraction of sp³-hybridized carbons (Fsp3) is 0.200. The molecule has 0 radical (unpaired) electrons. The first-order valence-electron chi connectivity index (χ1n) is 12.6. The number of benzene rings is 3. The minimum absolute atomic E-state index is 0.902. The summed E-state index contributed by atoms with van der Waals surface area (Å²) in [5.41, 5.74) is 8.18. The molecule has 0 saturated carbocycles. The number of nitrogens with one attached hydrogen (secondary N) is 1. The van der Waals surface area contributed by atoms with Gasteiger partial charge in [-0.05, 0) is 48.4 Å². The van der Waals surface area contributed by atoms with Crippen molar-refractivity contribution < 1.29 is 0 Å². The van der Waals surface area contributed by atoms with Crippen LogP contribution in [0.3, 0.4) is 0 Å². The molecule has 6 rings (SSSR count). The summed E-state index contributed by atoms with van der Waals surface area (Å²) < 4.78 is 1.99. The Labute approximate surface area is 221 Å². The minimum Gasteiger partial charge on any atom is -0.369 e. The number of hydrogen-bond donors (Lipinski definition) is 1. The number of thiazole rings is 1. The Morgan fingerprint density at radius 1 is 0.892 bits per heavy atom. The molecular formula is C30H30N6S. The Bertz CT molecular complexity index is 1440. The Morgan fingerprint density at radius 2 is 1.68 bits per heavy atom.